The topological polar surface area (TPSA) is 106 Å². The highest BCUT2D eigenvalue weighted by atomic mass is 32.1. The average molecular weight is 506 g/mol. The van der Waals surface area contributed by atoms with E-state index in [9.17, 15) is 14.4 Å². The molecule has 4 rings (SSSR count). The summed E-state index contributed by atoms with van der Waals surface area (Å²) in [5.41, 5.74) is 6.46. The lowest BCUT2D eigenvalue weighted by atomic mass is 9.95. The number of benzene rings is 2. The quantitative estimate of drug-likeness (QED) is 0.214. The predicted molar refractivity (Wildman–Crippen MR) is 139 cm³/mol. The van der Waals surface area contributed by atoms with Crippen molar-refractivity contribution in [1.82, 2.24) is 5.43 Å². The Bertz CT molecular complexity index is 1300. The van der Waals surface area contributed by atoms with E-state index in [4.69, 9.17) is 9.47 Å². The number of hydrogen-bond donors (Lipinski definition) is 2. The Balaban J connectivity index is 1.32. The van der Waals surface area contributed by atoms with E-state index in [2.05, 4.69) is 15.8 Å². The van der Waals surface area contributed by atoms with Crippen LogP contribution in [0.2, 0.25) is 0 Å². The molecule has 186 valence electrons. The number of hydrogen-bond acceptors (Lipinski definition) is 7. The zero-order chi connectivity index (χ0) is 25.5. The van der Waals surface area contributed by atoms with Crippen molar-refractivity contribution in [3.05, 3.63) is 81.2 Å². The molecule has 2 amide bonds. The van der Waals surface area contributed by atoms with E-state index in [0.29, 0.717) is 22.9 Å². The summed E-state index contributed by atoms with van der Waals surface area (Å²) < 4.78 is 10.7. The monoisotopic (exact) mass is 505 g/mol. The van der Waals surface area contributed by atoms with Crippen molar-refractivity contribution in [1.29, 1.82) is 0 Å². The molecule has 1 aliphatic carbocycles. The van der Waals surface area contributed by atoms with E-state index in [0.717, 1.165) is 47.3 Å². The van der Waals surface area contributed by atoms with Crippen LogP contribution in [0.3, 0.4) is 0 Å². The van der Waals surface area contributed by atoms with Crippen LogP contribution in [0.4, 0.5) is 5.00 Å². The second-order valence-electron chi connectivity index (χ2n) is 8.34. The zero-order valence-electron chi connectivity index (χ0n) is 20.1. The van der Waals surface area contributed by atoms with Crippen molar-refractivity contribution >= 4 is 40.3 Å². The standard InChI is InChI=1S/C27H27N3O5S/c1-17-7-3-4-8-19(17)16-35-20-13-11-18(12-14-20)15-28-30-25(32)24(31)29-26-23(27(33)34-2)21-9-5-6-10-22(21)36-26/h3-4,7-8,11-15H,5-6,9-10,16H2,1-2H3,(H,29,31)(H,30,32). The number of fused-ring (bicyclic) bond motifs is 1. The Morgan fingerprint density at radius 2 is 1.78 bits per heavy atom. The molecule has 0 bridgehead atoms. The highest BCUT2D eigenvalue weighted by Gasteiger charge is 2.28. The Hall–Kier alpha value is -3.98. The number of amides is 2. The molecule has 3 aromatic rings. The fourth-order valence-corrected chi connectivity index (χ4v) is 5.20. The van der Waals surface area contributed by atoms with Crippen LogP contribution in [0.1, 0.15) is 50.3 Å². The molecule has 36 heavy (non-hydrogen) atoms. The normalized spacial score (nSPS) is 12.6. The average Bonchev–Trinajstić information content (AvgIpc) is 3.26. The zero-order valence-corrected chi connectivity index (χ0v) is 20.9. The third-order valence-electron chi connectivity index (χ3n) is 5.91. The highest BCUT2D eigenvalue weighted by molar-refractivity contribution is 7.17. The number of carbonyl (C=O) groups is 3. The minimum Gasteiger partial charge on any atom is -0.489 e. The van der Waals surface area contributed by atoms with Gasteiger partial charge in [0.05, 0.1) is 18.9 Å². The van der Waals surface area contributed by atoms with Crippen LogP contribution in [0.5, 0.6) is 5.75 Å². The van der Waals surface area contributed by atoms with Gasteiger partial charge in [-0.25, -0.2) is 10.2 Å². The largest absolute Gasteiger partial charge is 0.489 e. The molecule has 2 N–H and O–H groups in total. The van der Waals surface area contributed by atoms with Crippen LogP contribution in [-0.4, -0.2) is 31.1 Å². The number of hydrazone groups is 1. The van der Waals surface area contributed by atoms with Gasteiger partial charge in [0.2, 0.25) is 0 Å². The fourth-order valence-electron chi connectivity index (χ4n) is 3.93. The third-order valence-corrected chi connectivity index (χ3v) is 7.12. The highest BCUT2D eigenvalue weighted by Crippen LogP contribution is 2.38. The summed E-state index contributed by atoms with van der Waals surface area (Å²) >= 11 is 1.31. The SMILES string of the molecule is COC(=O)c1c(NC(=O)C(=O)NN=Cc2ccc(OCc3ccccc3C)cc2)sc2c1CCCC2. The maximum absolute atomic E-state index is 12.4. The summed E-state index contributed by atoms with van der Waals surface area (Å²) in [6.07, 6.45) is 5.01. The van der Waals surface area contributed by atoms with Crippen LogP contribution in [0, 0.1) is 6.92 Å². The van der Waals surface area contributed by atoms with Gasteiger partial charge < -0.3 is 14.8 Å². The van der Waals surface area contributed by atoms with E-state index in [1.807, 2.05) is 31.2 Å². The number of methoxy groups -OCH3 is 1. The van der Waals surface area contributed by atoms with Crippen LogP contribution < -0.4 is 15.5 Å². The van der Waals surface area contributed by atoms with Crippen molar-refractivity contribution < 1.29 is 23.9 Å². The molecule has 0 saturated carbocycles. The van der Waals surface area contributed by atoms with Gasteiger partial charge in [-0.3, -0.25) is 9.59 Å². The van der Waals surface area contributed by atoms with Crippen LogP contribution >= 0.6 is 11.3 Å². The maximum Gasteiger partial charge on any atom is 0.341 e. The van der Waals surface area contributed by atoms with Gasteiger partial charge in [0, 0.05) is 4.88 Å². The van der Waals surface area contributed by atoms with Gasteiger partial charge in [0.15, 0.2) is 0 Å². The Kier molecular flexibility index (Phi) is 8.12. The Morgan fingerprint density at radius 3 is 2.53 bits per heavy atom. The molecular formula is C27H27N3O5S. The Morgan fingerprint density at radius 1 is 1.03 bits per heavy atom. The first-order valence-electron chi connectivity index (χ1n) is 11.6. The molecule has 1 aromatic heterocycles. The predicted octanol–water partition coefficient (Wildman–Crippen LogP) is 4.39. The van der Waals surface area contributed by atoms with Crippen molar-refractivity contribution in [3.8, 4) is 5.75 Å². The van der Waals surface area contributed by atoms with Gasteiger partial charge in [-0.15, -0.1) is 11.3 Å². The molecule has 8 nitrogen and oxygen atoms in total. The number of rotatable bonds is 7. The molecule has 0 aliphatic heterocycles. The number of thiophene rings is 1. The molecular weight excluding hydrogens is 478 g/mol. The second-order valence-corrected chi connectivity index (χ2v) is 9.45. The summed E-state index contributed by atoms with van der Waals surface area (Å²) in [4.78, 5) is 38.0. The number of ether oxygens (including phenoxy) is 2. The number of carbonyl (C=O) groups excluding carboxylic acids is 3. The smallest absolute Gasteiger partial charge is 0.341 e. The Labute approximate surface area is 213 Å². The summed E-state index contributed by atoms with van der Waals surface area (Å²) in [5, 5.41) is 6.74. The molecule has 9 heteroatoms. The van der Waals surface area contributed by atoms with Gasteiger partial charge in [-0.05, 0) is 79.1 Å². The molecule has 0 spiro atoms. The van der Waals surface area contributed by atoms with Crippen molar-refractivity contribution in [2.45, 2.75) is 39.2 Å². The number of esters is 1. The lowest BCUT2D eigenvalue weighted by molar-refractivity contribution is -0.136. The molecule has 0 unspecified atom stereocenters. The molecule has 0 fully saturated rings. The molecule has 1 aliphatic rings. The molecule has 0 atom stereocenters. The van der Waals surface area contributed by atoms with Crippen molar-refractivity contribution in [3.63, 3.8) is 0 Å². The minimum absolute atomic E-state index is 0.333. The first-order chi connectivity index (χ1) is 17.5. The van der Waals surface area contributed by atoms with Crippen molar-refractivity contribution in [2.24, 2.45) is 5.10 Å². The number of anilines is 1. The lowest BCUT2D eigenvalue weighted by Gasteiger charge is -2.11. The maximum atomic E-state index is 12.4. The van der Waals surface area contributed by atoms with Gasteiger partial charge in [-0.2, -0.15) is 5.10 Å². The van der Waals surface area contributed by atoms with Crippen LogP contribution in [0.15, 0.2) is 53.6 Å². The van der Waals surface area contributed by atoms with Gasteiger partial charge >= 0.3 is 17.8 Å². The van der Waals surface area contributed by atoms with Gasteiger partial charge in [0.1, 0.15) is 17.4 Å². The number of aryl methyl sites for hydroxylation is 2. The van der Waals surface area contributed by atoms with E-state index in [1.165, 1.54) is 30.2 Å². The molecule has 0 saturated heterocycles. The fraction of sp³-hybridized carbons (Fsp3) is 0.259. The molecule has 2 aromatic carbocycles. The second kappa shape index (κ2) is 11.6. The first kappa shape index (κ1) is 25.1. The minimum atomic E-state index is -0.938. The molecule has 1 heterocycles. The van der Waals surface area contributed by atoms with Gasteiger partial charge in [-0.1, -0.05) is 24.3 Å². The lowest BCUT2D eigenvalue weighted by Crippen LogP contribution is -2.32. The number of nitrogens with zero attached hydrogens (tertiary/aromatic N) is 1. The van der Waals surface area contributed by atoms with Gasteiger partial charge in [0.25, 0.3) is 0 Å². The van der Waals surface area contributed by atoms with Crippen LogP contribution in [-0.2, 0) is 33.8 Å². The summed E-state index contributed by atoms with van der Waals surface area (Å²) in [7, 11) is 1.30. The molecule has 0 radical (unpaired) electrons. The van der Waals surface area contributed by atoms with E-state index in [-0.39, 0.29) is 0 Å². The first-order valence-corrected chi connectivity index (χ1v) is 12.4. The van der Waals surface area contributed by atoms with Crippen LogP contribution in [0.25, 0.3) is 0 Å². The van der Waals surface area contributed by atoms with Crippen molar-refractivity contribution in [2.75, 3.05) is 12.4 Å². The summed E-state index contributed by atoms with van der Waals surface area (Å²) in [6.45, 7) is 2.51. The summed E-state index contributed by atoms with van der Waals surface area (Å²) in [6, 6.07) is 15.2. The summed E-state index contributed by atoms with van der Waals surface area (Å²) in [5.74, 6) is -1.66. The van der Waals surface area contributed by atoms with E-state index >= 15 is 0 Å². The van der Waals surface area contributed by atoms with E-state index in [1.54, 1.807) is 24.3 Å². The van der Waals surface area contributed by atoms with E-state index < -0.39 is 17.8 Å². The number of nitrogens with one attached hydrogen (secondary N) is 2. The third kappa shape index (κ3) is 5.98.